The van der Waals surface area contributed by atoms with Crippen LogP contribution in [-0.2, 0) is 6.42 Å². The van der Waals surface area contributed by atoms with E-state index in [1.807, 2.05) is 44.0 Å². The van der Waals surface area contributed by atoms with Gasteiger partial charge in [-0.3, -0.25) is 19.2 Å². The molecular formula is C20H24N4O3. The van der Waals surface area contributed by atoms with Crippen LogP contribution in [0.25, 0.3) is 10.9 Å². The number of rotatable bonds is 3. The van der Waals surface area contributed by atoms with Crippen molar-refractivity contribution >= 4 is 10.9 Å². The first kappa shape index (κ1) is 17.6. The van der Waals surface area contributed by atoms with Gasteiger partial charge in [0.25, 0.3) is 5.56 Å². The second kappa shape index (κ2) is 6.42. The third kappa shape index (κ3) is 2.61. The van der Waals surface area contributed by atoms with Crippen LogP contribution >= 0.6 is 0 Å². The second-order valence-corrected chi connectivity index (χ2v) is 7.32. The molecule has 0 saturated heterocycles. The number of H-pyrrole nitrogens is 2. The number of nitrogens with one attached hydrogen (secondary N) is 2. The van der Waals surface area contributed by atoms with Crippen LogP contribution in [0.2, 0.25) is 0 Å². The largest absolute Gasteiger partial charge is 0.494 e. The summed E-state index contributed by atoms with van der Waals surface area (Å²) in [7, 11) is 1.93. The SMILES string of the molecule is CCC(C)n1c(O)c(C2c3[nH]c4ccccc4c3CCN2C)c(=O)[nH]c1=O. The summed E-state index contributed by atoms with van der Waals surface area (Å²) in [6, 6.07) is 7.38. The number of likely N-dealkylation sites (N-methyl/N-ethyl adjacent to an activating group) is 1. The van der Waals surface area contributed by atoms with E-state index in [0.717, 1.165) is 35.1 Å². The Hall–Kier alpha value is -2.80. The van der Waals surface area contributed by atoms with Crippen LogP contribution in [0.4, 0.5) is 0 Å². The third-order valence-corrected chi connectivity index (χ3v) is 5.73. The van der Waals surface area contributed by atoms with Crippen molar-refractivity contribution in [1.82, 2.24) is 19.4 Å². The normalized spacial score (nSPS) is 18.6. The van der Waals surface area contributed by atoms with Crippen LogP contribution in [0.5, 0.6) is 5.88 Å². The van der Waals surface area contributed by atoms with Gasteiger partial charge in [-0.25, -0.2) is 4.79 Å². The van der Waals surface area contributed by atoms with Gasteiger partial charge in [-0.15, -0.1) is 0 Å². The number of aromatic hydroxyl groups is 1. The van der Waals surface area contributed by atoms with Crippen LogP contribution in [-0.4, -0.2) is 38.1 Å². The molecule has 7 nitrogen and oxygen atoms in total. The first-order chi connectivity index (χ1) is 12.9. The molecule has 1 aliphatic rings. The molecule has 1 aromatic carbocycles. The molecule has 2 aromatic heterocycles. The quantitative estimate of drug-likeness (QED) is 0.661. The van der Waals surface area contributed by atoms with Crippen molar-refractivity contribution in [2.24, 2.45) is 0 Å². The van der Waals surface area contributed by atoms with E-state index in [1.165, 1.54) is 4.57 Å². The maximum absolute atomic E-state index is 12.7. The molecule has 0 radical (unpaired) electrons. The van der Waals surface area contributed by atoms with Gasteiger partial charge in [0.2, 0.25) is 5.88 Å². The molecule has 2 atom stereocenters. The van der Waals surface area contributed by atoms with Crippen LogP contribution < -0.4 is 11.2 Å². The Morgan fingerprint density at radius 3 is 2.74 bits per heavy atom. The van der Waals surface area contributed by atoms with Crippen molar-refractivity contribution in [2.45, 2.75) is 38.8 Å². The summed E-state index contributed by atoms with van der Waals surface area (Å²) in [4.78, 5) is 32.9. The summed E-state index contributed by atoms with van der Waals surface area (Å²) >= 11 is 0. The van der Waals surface area contributed by atoms with E-state index in [4.69, 9.17) is 0 Å². The topological polar surface area (TPSA) is 94.1 Å². The Morgan fingerprint density at radius 2 is 2.00 bits per heavy atom. The number of nitrogens with zero attached hydrogens (tertiary/aromatic N) is 2. The average Bonchev–Trinajstić information content (AvgIpc) is 3.01. The van der Waals surface area contributed by atoms with Crippen LogP contribution in [0.3, 0.4) is 0 Å². The van der Waals surface area contributed by atoms with E-state index in [-0.39, 0.29) is 17.5 Å². The van der Waals surface area contributed by atoms with Gasteiger partial charge in [0.1, 0.15) is 5.56 Å². The fraction of sp³-hybridized carbons (Fsp3) is 0.400. The molecule has 3 N–H and O–H groups in total. The molecule has 0 saturated carbocycles. The Kier molecular flexibility index (Phi) is 4.19. The van der Waals surface area contributed by atoms with Crippen molar-refractivity contribution in [3.05, 3.63) is 61.9 Å². The van der Waals surface area contributed by atoms with E-state index in [2.05, 4.69) is 16.0 Å². The maximum Gasteiger partial charge on any atom is 0.331 e. The third-order valence-electron chi connectivity index (χ3n) is 5.73. The van der Waals surface area contributed by atoms with Gasteiger partial charge in [-0.2, -0.15) is 0 Å². The zero-order valence-electron chi connectivity index (χ0n) is 15.7. The average molecular weight is 368 g/mol. The summed E-state index contributed by atoms with van der Waals surface area (Å²) in [5, 5.41) is 12.1. The molecule has 0 amide bonds. The van der Waals surface area contributed by atoms with Crippen LogP contribution in [0.15, 0.2) is 33.9 Å². The molecule has 7 heteroatoms. The summed E-state index contributed by atoms with van der Waals surface area (Å²) < 4.78 is 1.28. The number of benzene rings is 1. The predicted molar refractivity (Wildman–Crippen MR) is 104 cm³/mol. The van der Waals surface area contributed by atoms with E-state index in [0.29, 0.717) is 6.42 Å². The van der Waals surface area contributed by atoms with Gasteiger partial charge in [0.15, 0.2) is 0 Å². The van der Waals surface area contributed by atoms with Crippen molar-refractivity contribution in [3.8, 4) is 5.88 Å². The molecule has 3 aromatic rings. The highest BCUT2D eigenvalue weighted by Gasteiger charge is 2.34. The maximum atomic E-state index is 12.7. The van der Waals surface area contributed by atoms with Gasteiger partial charge in [-0.05, 0) is 38.4 Å². The van der Waals surface area contributed by atoms with Crippen molar-refractivity contribution in [2.75, 3.05) is 13.6 Å². The van der Waals surface area contributed by atoms with Crippen LogP contribution in [0.1, 0.15) is 49.2 Å². The Morgan fingerprint density at radius 1 is 1.26 bits per heavy atom. The van der Waals surface area contributed by atoms with Crippen molar-refractivity contribution < 1.29 is 5.11 Å². The highest BCUT2D eigenvalue weighted by Crippen LogP contribution is 2.39. The first-order valence-electron chi connectivity index (χ1n) is 9.31. The van der Waals surface area contributed by atoms with E-state index in [1.54, 1.807) is 0 Å². The first-order valence-corrected chi connectivity index (χ1v) is 9.31. The lowest BCUT2D eigenvalue weighted by atomic mass is 9.93. The number of hydrogen-bond acceptors (Lipinski definition) is 4. The van der Waals surface area contributed by atoms with Crippen molar-refractivity contribution in [1.29, 1.82) is 0 Å². The van der Waals surface area contributed by atoms with Gasteiger partial charge in [0.05, 0.1) is 6.04 Å². The lowest BCUT2D eigenvalue weighted by molar-refractivity contribution is 0.248. The fourth-order valence-electron chi connectivity index (χ4n) is 4.12. The Balaban J connectivity index is 2.00. The van der Waals surface area contributed by atoms with E-state index < -0.39 is 17.3 Å². The monoisotopic (exact) mass is 368 g/mol. The predicted octanol–water partition coefficient (Wildman–Crippen LogP) is 2.27. The number of hydrogen-bond donors (Lipinski definition) is 3. The van der Waals surface area contributed by atoms with Gasteiger partial charge < -0.3 is 10.1 Å². The molecule has 0 aliphatic carbocycles. The summed E-state index contributed by atoms with van der Waals surface area (Å²) in [5.74, 6) is -0.249. The summed E-state index contributed by atoms with van der Waals surface area (Å²) in [6.07, 6.45) is 1.52. The molecule has 0 fully saturated rings. The van der Waals surface area contributed by atoms with E-state index >= 15 is 0 Å². The number of aromatic amines is 2. The van der Waals surface area contributed by atoms with Crippen LogP contribution in [0, 0.1) is 0 Å². The minimum Gasteiger partial charge on any atom is -0.494 e. The zero-order chi connectivity index (χ0) is 19.3. The number of aromatic nitrogens is 3. The molecule has 3 heterocycles. The minimum absolute atomic E-state index is 0.213. The second-order valence-electron chi connectivity index (χ2n) is 7.32. The van der Waals surface area contributed by atoms with Gasteiger partial charge >= 0.3 is 5.69 Å². The molecule has 2 unspecified atom stereocenters. The molecule has 4 rings (SSSR count). The molecule has 142 valence electrons. The smallest absolute Gasteiger partial charge is 0.331 e. The highest BCUT2D eigenvalue weighted by molar-refractivity contribution is 5.85. The molecular weight excluding hydrogens is 344 g/mol. The lowest BCUT2D eigenvalue weighted by Crippen LogP contribution is -2.40. The highest BCUT2D eigenvalue weighted by atomic mass is 16.3. The molecule has 27 heavy (non-hydrogen) atoms. The summed E-state index contributed by atoms with van der Waals surface area (Å²) in [5.41, 5.74) is 2.17. The van der Waals surface area contributed by atoms with E-state index in [9.17, 15) is 14.7 Å². The zero-order valence-corrected chi connectivity index (χ0v) is 15.7. The Bertz CT molecular complexity index is 1120. The lowest BCUT2D eigenvalue weighted by Gasteiger charge is -2.33. The van der Waals surface area contributed by atoms with Crippen molar-refractivity contribution in [3.63, 3.8) is 0 Å². The minimum atomic E-state index is -0.578. The molecule has 0 spiro atoms. The van der Waals surface area contributed by atoms with Gasteiger partial charge in [0, 0.05) is 29.2 Å². The number of para-hydroxylation sites is 1. The standard InChI is InChI=1S/C20H24N4O3/c1-4-11(2)24-19(26)15(18(25)22-20(24)27)17-16-13(9-10-23(17)3)12-7-5-6-8-14(12)21-16/h5-8,11,17,21,26H,4,9-10H2,1-3H3,(H,22,25,27). The number of fused-ring (bicyclic) bond motifs is 3. The molecule has 0 bridgehead atoms. The molecule has 1 aliphatic heterocycles. The summed E-state index contributed by atoms with van der Waals surface area (Å²) in [6.45, 7) is 4.53. The van der Waals surface area contributed by atoms with Gasteiger partial charge in [-0.1, -0.05) is 25.1 Å². The fourth-order valence-corrected chi connectivity index (χ4v) is 4.12. The Labute approximate surface area is 156 Å².